The van der Waals surface area contributed by atoms with Crippen molar-refractivity contribution in [3.05, 3.63) is 71.3 Å². The van der Waals surface area contributed by atoms with Crippen LogP contribution in [-0.2, 0) is 12.8 Å². The first-order valence-electron chi connectivity index (χ1n) is 9.14. The molecule has 1 aliphatic heterocycles. The fraction of sp³-hybridized carbons (Fsp3) is 0.455. The first kappa shape index (κ1) is 16.3. The van der Waals surface area contributed by atoms with E-state index in [0.29, 0.717) is 0 Å². The largest absolute Gasteiger partial charge is 0.303 e. The zero-order valence-electron chi connectivity index (χ0n) is 14.4. The van der Waals surface area contributed by atoms with Crippen LogP contribution in [0.25, 0.3) is 0 Å². The van der Waals surface area contributed by atoms with Crippen LogP contribution in [0.2, 0.25) is 0 Å². The first-order chi connectivity index (χ1) is 11.3. The molecule has 0 amide bonds. The summed E-state index contributed by atoms with van der Waals surface area (Å²) in [7, 11) is 0. The van der Waals surface area contributed by atoms with Gasteiger partial charge in [0.15, 0.2) is 0 Å². The second kappa shape index (κ2) is 8.31. The van der Waals surface area contributed by atoms with Gasteiger partial charge in [-0.25, -0.2) is 0 Å². The van der Waals surface area contributed by atoms with Gasteiger partial charge in [0.2, 0.25) is 0 Å². The maximum Gasteiger partial charge on any atom is 0.00102 e. The van der Waals surface area contributed by atoms with Gasteiger partial charge in [0.25, 0.3) is 0 Å². The molecular formula is C22H29N. The highest BCUT2D eigenvalue weighted by molar-refractivity contribution is 5.28. The predicted octanol–water partition coefficient (Wildman–Crippen LogP) is 4.94. The van der Waals surface area contributed by atoms with Crippen LogP contribution in [0.1, 0.15) is 42.9 Å². The second-order valence-electron chi connectivity index (χ2n) is 7.15. The van der Waals surface area contributed by atoms with Crippen molar-refractivity contribution >= 4 is 0 Å². The highest BCUT2D eigenvalue weighted by atomic mass is 15.1. The van der Waals surface area contributed by atoms with Gasteiger partial charge in [-0.15, -0.1) is 0 Å². The summed E-state index contributed by atoms with van der Waals surface area (Å²) in [6.07, 6.45) is 6.43. The average molecular weight is 307 g/mol. The predicted molar refractivity (Wildman–Crippen MR) is 98.8 cm³/mol. The van der Waals surface area contributed by atoms with Crippen LogP contribution in [0.5, 0.6) is 0 Å². The Hall–Kier alpha value is -1.60. The Balaban J connectivity index is 1.50. The fourth-order valence-electron chi connectivity index (χ4n) is 3.67. The van der Waals surface area contributed by atoms with Crippen molar-refractivity contribution in [1.82, 2.24) is 4.90 Å². The van der Waals surface area contributed by atoms with E-state index >= 15 is 0 Å². The summed E-state index contributed by atoms with van der Waals surface area (Å²) in [5.74, 6) is 0.744. The number of benzene rings is 2. The Labute approximate surface area is 141 Å². The molecule has 0 bridgehead atoms. The van der Waals surface area contributed by atoms with Crippen molar-refractivity contribution in [3.63, 3.8) is 0 Å². The number of likely N-dealkylation sites (tertiary alicyclic amines) is 1. The Bertz CT molecular complexity index is 567. The minimum Gasteiger partial charge on any atom is -0.303 e. The summed E-state index contributed by atoms with van der Waals surface area (Å²) in [6.45, 7) is 6.26. The van der Waals surface area contributed by atoms with Crippen LogP contribution < -0.4 is 0 Å². The van der Waals surface area contributed by atoms with Crippen molar-refractivity contribution < 1.29 is 0 Å². The van der Waals surface area contributed by atoms with Gasteiger partial charge in [-0.05, 0) is 61.4 Å². The molecule has 1 nitrogen and oxygen atoms in total. The summed E-state index contributed by atoms with van der Waals surface area (Å²) in [5, 5.41) is 0. The van der Waals surface area contributed by atoms with Crippen molar-refractivity contribution in [2.75, 3.05) is 19.6 Å². The van der Waals surface area contributed by atoms with Gasteiger partial charge in [0.1, 0.15) is 0 Å². The molecule has 1 saturated heterocycles. The monoisotopic (exact) mass is 307 g/mol. The number of nitrogens with zero attached hydrogens (tertiary/aromatic N) is 1. The minimum absolute atomic E-state index is 0.744. The van der Waals surface area contributed by atoms with E-state index in [4.69, 9.17) is 0 Å². The van der Waals surface area contributed by atoms with Crippen molar-refractivity contribution in [3.8, 4) is 0 Å². The summed E-state index contributed by atoms with van der Waals surface area (Å²) in [4.78, 5) is 2.65. The maximum atomic E-state index is 2.65. The van der Waals surface area contributed by atoms with E-state index in [1.807, 2.05) is 0 Å². The molecule has 122 valence electrons. The molecule has 1 heteroatoms. The van der Waals surface area contributed by atoms with Crippen molar-refractivity contribution in [2.24, 2.45) is 5.92 Å². The van der Waals surface area contributed by atoms with Crippen LogP contribution in [0.3, 0.4) is 0 Å². The Morgan fingerprint density at radius 3 is 2.09 bits per heavy atom. The molecule has 2 aromatic carbocycles. The smallest absolute Gasteiger partial charge is 0.00102 e. The molecule has 0 saturated carbocycles. The van der Waals surface area contributed by atoms with Gasteiger partial charge in [-0.2, -0.15) is 0 Å². The van der Waals surface area contributed by atoms with E-state index in [9.17, 15) is 0 Å². The molecule has 1 heterocycles. The van der Waals surface area contributed by atoms with Crippen LogP contribution in [0.15, 0.2) is 54.6 Å². The fourth-order valence-corrected chi connectivity index (χ4v) is 3.67. The van der Waals surface area contributed by atoms with E-state index in [0.717, 1.165) is 12.3 Å². The van der Waals surface area contributed by atoms with Crippen LogP contribution in [-0.4, -0.2) is 24.5 Å². The van der Waals surface area contributed by atoms with Crippen LogP contribution in [0.4, 0.5) is 0 Å². The second-order valence-corrected chi connectivity index (χ2v) is 7.15. The van der Waals surface area contributed by atoms with Crippen molar-refractivity contribution in [2.45, 2.75) is 39.0 Å². The summed E-state index contributed by atoms with van der Waals surface area (Å²) in [6, 6.07) is 20.0. The highest BCUT2D eigenvalue weighted by Crippen LogP contribution is 2.16. The van der Waals surface area contributed by atoms with Crippen LogP contribution in [0, 0.1) is 5.92 Å². The molecule has 0 N–H and O–H groups in total. The molecule has 0 aliphatic carbocycles. The standard InChI is InChI=1S/C22H29N/c1-19(18-23-14-6-3-7-15-23)16-21-10-12-22(13-11-21)17-20-8-4-2-5-9-20/h2,4-5,8-13,19H,3,6-7,14-18H2,1H3. The maximum absolute atomic E-state index is 2.65. The minimum atomic E-state index is 0.744. The Morgan fingerprint density at radius 2 is 1.39 bits per heavy atom. The number of rotatable bonds is 6. The van der Waals surface area contributed by atoms with E-state index in [1.165, 1.54) is 62.0 Å². The topological polar surface area (TPSA) is 3.24 Å². The Morgan fingerprint density at radius 1 is 0.783 bits per heavy atom. The normalized spacial score (nSPS) is 17.1. The Kier molecular flexibility index (Phi) is 5.87. The lowest BCUT2D eigenvalue weighted by atomic mass is 9.97. The van der Waals surface area contributed by atoms with E-state index in [2.05, 4.69) is 66.4 Å². The van der Waals surface area contributed by atoms with Gasteiger partial charge in [-0.1, -0.05) is 67.9 Å². The SMILES string of the molecule is CC(Cc1ccc(Cc2ccccc2)cc1)CN1CCCCC1. The molecule has 0 radical (unpaired) electrons. The van der Waals surface area contributed by atoms with Gasteiger partial charge < -0.3 is 4.90 Å². The average Bonchev–Trinajstić information content (AvgIpc) is 2.58. The first-order valence-corrected chi connectivity index (χ1v) is 9.14. The summed E-state index contributed by atoms with van der Waals surface area (Å²) < 4.78 is 0. The highest BCUT2D eigenvalue weighted by Gasteiger charge is 2.13. The van der Waals surface area contributed by atoms with Gasteiger partial charge in [-0.3, -0.25) is 0 Å². The summed E-state index contributed by atoms with van der Waals surface area (Å²) in [5.41, 5.74) is 4.27. The molecule has 1 atom stereocenters. The quantitative estimate of drug-likeness (QED) is 0.730. The number of hydrogen-bond donors (Lipinski definition) is 0. The zero-order valence-corrected chi connectivity index (χ0v) is 14.4. The van der Waals surface area contributed by atoms with Gasteiger partial charge in [0, 0.05) is 6.54 Å². The lowest BCUT2D eigenvalue weighted by Crippen LogP contribution is -2.34. The lowest BCUT2D eigenvalue weighted by Gasteiger charge is -2.29. The third-order valence-corrected chi connectivity index (χ3v) is 4.88. The molecule has 3 rings (SSSR count). The lowest BCUT2D eigenvalue weighted by molar-refractivity contribution is 0.200. The summed E-state index contributed by atoms with van der Waals surface area (Å²) >= 11 is 0. The molecular weight excluding hydrogens is 278 g/mol. The molecule has 1 unspecified atom stereocenters. The number of piperidine rings is 1. The third-order valence-electron chi connectivity index (χ3n) is 4.88. The molecule has 1 aliphatic rings. The van der Waals surface area contributed by atoms with E-state index in [1.54, 1.807) is 0 Å². The zero-order chi connectivity index (χ0) is 15.9. The molecule has 23 heavy (non-hydrogen) atoms. The van der Waals surface area contributed by atoms with Gasteiger partial charge >= 0.3 is 0 Å². The molecule has 0 aromatic heterocycles. The van der Waals surface area contributed by atoms with Gasteiger partial charge in [0.05, 0.1) is 0 Å². The molecule has 0 spiro atoms. The van der Waals surface area contributed by atoms with E-state index < -0.39 is 0 Å². The third kappa shape index (κ3) is 5.21. The van der Waals surface area contributed by atoms with E-state index in [-0.39, 0.29) is 0 Å². The molecule has 1 fully saturated rings. The van der Waals surface area contributed by atoms with Crippen molar-refractivity contribution in [1.29, 1.82) is 0 Å². The molecule has 2 aromatic rings. The van der Waals surface area contributed by atoms with Crippen LogP contribution >= 0.6 is 0 Å². The number of hydrogen-bond acceptors (Lipinski definition) is 1.